The molecule has 2 aliphatic rings. The minimum absolute atomic E-state index is 0.122. The van der Waals surface area contributed by atoms with Gasteiger partial charge in [-0.25, -0.2) is 9.59 Å². The third-order valence-electron chi connectivity index (χ3n) is 6.28. The minimum Gasteiger partial charge on any atom is -0.467 e. The van der Waals surface area contributed by atoms with Gasteiger partial charge in [0, 0.05) is 24.0 Å². The van der Waals surface area contributed by atoms with Crippen molar-refractivity contribution in [3.63, 3.8) is 0 Å². The van der Waals surface area contributed by atoms with Crippen molar-refractivity contribution in [1.29, 1.82) is 0 Å². The van der Waals surface area contributed by atoms with Crippen LogP contribution >= 0.6 is 0 Å². The van der Waals surface area contributed by atoms with Crippen LogP contribution in [0.4, 0.5) is 0 Å². The maximum Gasteiger partial charge on any atom is 0.336 e. The molecule has 3 rings (SSSR count). The second kappa shape index (κ2) is 6.78. The third kappa shape index (κ3) is 3.11. The lowest BCUT2D eigenvalue weighted by Gasteiger charge is -2.45. The molecule has 5 heteroatoms. The summed E-state index contributed by atoms with van der Waals surface area (Å²) in [6.07, 6.45) is 3.92. The van der Waals surface area contributed by atoms with E-state index in [4.69, 9.17) is 9.47 Å². The molecule has 3 atom stereocenters. The predicted molar refractivity (Wildman–Crippen MR) is 98.2 cm³/mol. The number of esters is 2. The Kier molecular flexibility index (Phi) is 4.82. The van der Waals surface area contributed by atoms with Gasteiger partial charge < -0.3 is 14.8 Å². The Morgan fingerprint density at radius 3 is 2.69 bits per heavy atom. The molecule has 1 aromatic carbocycles. The zero-order valence-electron chi connectivity index (χ0n) is 15.9. The molecule has 0 aromatic heterocycles. The lowest BCUT2D eigenvalue weighted by Crippen LogP contribution is -2.50. The highest BCUT2D eigenvalue weighted by atomic mass is 16.6. The number of carbonyl (C=O) groups excluding carboxylic acids is 2. The van der Waals surface area contributed by atoms with E-state index < -0.39 is 11.6 Å². The summed E-state index contributed by atoms with van der Waals surface area (Å²) in [5.41, 5.74) is 1.09. The van der Waals surface area contributed by atoms with Gasteiger partial charge in [0.2, 0.25) is 0 Å². The molecule has 26 heavy (non-hydrogen) atoms. The van der Waals surface area contributed by atoms with Crippen LogP contribution in [-0.4, -0.2) is 30.7 Å². The van der Waals surface area contributed by atoms with Gasteiger partial charge in [0.25, 0.3) is 0 Å². The summed E-state index contributed by atoms with van der Waals surface area (Å²) in [6.45, 7) is 6.31. The molecule has 0 spiro atoms. The first-order chi connectivity index (χ1) is 12.3. The number of carbonyl (C=O) groups is 2. The van der Waals surface area contributed by atoms with Crippen molar-refractivity contribution in [3.05, 3.63) is 47.7 Å². The minimum atomic E-state index is -0.555. The van der Waals surface area contributed by atoms with Crippen LogP contribution in [0.1, 0.15) is 39.2 Å². The van der Waals surface area contributed by atoms with E-state index in [9.17, 15) is 9.59 Å². The van der Waals surface area contributed by atoms with Gasteiger partial charge in [-0.15, -0.1) is 0 Å². The maximum atomic E-state index is 12.5. The van der Waals surface area contributed by atoms with E-state index in [0.717, 1.165) is 18.4 Å². The normalized spacial score (nSPS) is 29.2. The monoisotopic (exact) mass is 357 g/mol. The van der Waals surface area contributed by atoms with Crippen molar-refractivity contribution >= 4 is 11.9 Å². The largest absolute Gasteiger partial charge is 0.467 e. The molecule has 140 valence electrons. The van der Waals surface area contributed by atoms with Crippen molar-refractivity contribution in [2.45, 2.75) is 51.7 Å². The second-order valence-electron chi connectivity index (χ2n) is 7.97. The zero-order valence-corrected chi connectivity index (χ0v) is 15.9. The van der Waals surface area contributed by atoms with Crippen LogP contribution in [0.2, 0.25) is 0 Å². The van der Waals surface area contributed by atoms with E-state index in [1.807, 2.05) is 37.3 Å². The Hall–Kier alpha value is -2.30. The van der Waals surface area contributed by atoms with Crippen LogP contribution in [0.25, 0.3) is 0 Å². The van der Waals surface area contributed by atoms with Crippen LogP contribution in [-0.2, 0) is 25.5 Å². The van der Waals surface area contributed by atoms with Gasteiger partial charge >= 0.3 is 11.9 Å². The zero-order chi connectivity index (χ0) is 18.9. The van der Waals surface area contributed by atoms with Crippen LogP contribution in [0.15, 0.2) is 42.1 Å². The molecule has 0 amide bonds. The first-order valence-corrected chi connectivity index (χ1v) is 9.10. The second-order valence-corrected chi connectivity index (χ2v) is 7.97. The number of rotatable bonds is 5. The maximum absolute atomic E-state index is 12.5. The van der Waals surface area contributed by atoms with Crippen molar-refractivity contribution in [3.8, 4) is 0 Å². The molecule has 0 radical (unpaired) electrons. The standard InChI is InChI=1S/C21H27NO4/c1-20(2)16-10-11-21(20,3)26-18(23)15(16)13-22-17(19(24)25-4)12-14-8-6-5-7-9-14/h5-9,13,16-17,22H,10-12H2,1-4H3/b15-13-/t16-,17+,21-/m1/s1. The summed E-state index contributed by atoms with van der Waals surface area (Å²) >= 11 is 0. The fraction of sp³-hybridized carbons (Fsp3) is 0.524. The van der Waals surface area contributed by atoms with Gasteiger partial charge in [-0.2, -0.15) is 0 Å². The Bertz CT molecular complexity index is 725. The van der Waals surface area contributed by atoms with Crippen LogP contribution < -0.4 is 5.32 Å². The number of ether oxygens (including phenoxy) is 2. The Labute approximate surface area is 154 Å². The molecule has 1 aliphatic carbocycles. The molecule has 1 aliphatic heterocycles. The smallest absolute Gasteiger partial charge is 0.336 e. The number of benzene rings is 1. The molecule has 0 unspecified atom stereocenters. The fourth-order valence-corrected chi connectivity index (χ4v) is 4.16. The molecular formula is C21H27NO4. The lowest BCUT2D eigenvalue weighted by molar-refractivity contribution is -0.172. The van der Waals surface area contributed by atoms with Crippen molar-refractivity contribution in [1.82, 2.24) is 5.32 Å². The van der Waals surface area contributed by atoms with Gasteiger partial charge in [-0.05, 0) is 25.3 Å². The molecule has 1 saturated carbocycles. The van der Waals surface area contributed by atoms with Crippen molar-refractivity contribution in [2.75, 3.05) is 7.11 Å². The van der Waals surface area contributed by atoms with Gasteiger partial charge in [0.1, 0.15) is 11.6 Å². The molecule has 2 bridgehead atoms. The number of hydrogen-bond donors (Lipinski definition) is 1. The number of methoxy groups -OCH3 is 1. The Balaban J connectivity index is 1.81. The highest BCUT2D eigenvalue weighted by Gasteiger charge is 2.60. The van der Waals surface area contributed by atoms with Gasteiger partial charge in [0.05, 0.1) is 12.7 Å². The van der Waals surface area contributed by atoms with E-state index in [1.54, 1.807) is 6.20 Å². The quantitative estimate of drug-likeness (QED) is 0.648. The molecular weight excluding hydrogens is 330 g/mol. The lowest BCUT2D eigenvalue weighted by atomic mass is 9.69. The average molecular weight is 357 g/mol. The third-order valence-corrected chi connectivity index (χ3v) is 6.28. The predicted octanol–water partition coefficient (Wildman–Crippen LogP) is 3.00. The summed E-state index contributed by atoms with van der Waals surface area (Å²) in [5.74, 6) is -0.521. The van der Waals surface area contributed by atoms with Crippen molar-refractivity contribution in [2.24, 2.45) is 11.3 Å². The average Bonchev–Trinajstić information content (AvgIpc) is 2.75. The van der Waals surface area contributed by atoms with E-state index in [1.165, 1.54) is 7.11 Å². The van der Waals surface area contributed by atoms with Gasteiger partial charge in [0.15, 0.2) is 0 Å². The number of fused-ring (bicyclic) bond motifs is 2. The Morgan fingerprint density at radius 2 is 2.04 bits per heavy atom. The molecule has 2 fully saturated rings. The summed E-state index contributed by atoms with van der Waals surface area (Å²) in [7, 11) is 1.37. The SMILES string of the molecule is COC(=O)[C@H](Cc1ccccc1)N/C=C1\C(=O)O[C@]2(C)CC[C@H]1C2(C)C. The summed E-state index contributed by atoms with van der Waals surface area (Å²) < 4.78 is 10.7. The van der Waals surface area contributed by atoms with Crippen molar-refractivity contribution < 1.29 is 19.1 Å². The summed E-state index contributed by atoms with van der Waals surface area (Å²) in [5, 5.41) is 3.11. The highest BCUT2D eigenvalue weighted by Crippen LogP contribution is 2.58. The highest BCUT2D eigenvalue weighted by molar-refractivity contribution is 5.91. The topological polar surface area (TPSA) is 64.6 Å². The van der Waals surface area contributed by atoms with Crippen LogP contribution in [0, 0.1) is 11.3 Å². The first-order valence-electron chi connectivity index (χ1n) is 9.10. The van der Waals surface area contributed by atoms with Gasteiger partial charge in [-0.3, -0.25) is 0 Å². The van der Waals surface area contributed by atoms with E-state index in [2.05, 4.69) is 19.2 Å². The van der Waals surface area contributed by atoms with E-state index in [0.29, 0.717) is 12.0 Å². The molecule has 1 aromatic rings. The van der Waals surface area contributed by atoms with E-state index in [-0.39, 0.29) is 23.3 Å². The van der Waals surface area contributed by atoms with E-state index >= 15 is 0 Å². The molecule has 1 N–H and O–H groups in total. The van der Waals surface area contributed by atoms with Crippen LogP contribution in [0.5, 0.6) is 0 Å². The first kappa shape index (κ1) is 18.5. The number of hydrogen-bond acceptors (Lipinski definition) is 5. The molecule has 5 nitrogen and oxygen atoms in total. The van der Waals surface area contributed by atoms with Crippen LogP contribution in [0.3, 0.4) is 0 Å². The fourth-order valence-electron chi connectivity index (χ4n) is 4.16. The Morgan fingerprint density at radius 1 is 1.35 bits per heavy atom. The molecule has 1 saturated heterocycles. The molecule has 1 heterocycles. The summed E-state index contributed by atoms with van der Waals surface area (Å²) in [4.78, 5) is 24.7. The van der Waals surface area contributed by atoms with Gasteiger partial charge in [-0.1, -0.05) is 44.2 Å². The number of nitrogens with one attached hydrogen (secondary N) is 1. The summed E-state index contributed by atoms with van der Waals surface area (Å²) in [6, 6.07) is 9.17.